The van der Waals surface area contributed by atoms with Gasteiger partial charge in [-0.1, -0.05) is 19.1 Å². The zero-order valence-corrected chi connectivity index (χ0v) is 13.4. The molecule has 0 fully saturated rings. The number of hydrogen-bond donors (Lipinski definition) is 2. The van der Waals surface area contributed by atoms with Gasteiger partial charge in [0, 0.05) is 19.3 Å². The summed E-state index contributed by atoms with van der Waals surface area (Å²) in [6, 6.07) is 8.79. The lowest BCUT2D eigenvalue weighted by molar-refractivity contribution is -0.117. The molecule has 0 saturated heterocycles. The topological polar surface area (TPSA) is 91.2 Å². The van der Waals surface area contributed by atoms with E-state index in [9.17, 15) is 9.59 Å². The molecule has 0 bridgehead atoms. The van der Waals surface area contributed by atoms with E-state index < -0.39 is 0 Å². The summed E-state index contributed by atoms with van der Waals surface area (Å²) in [5.41, 5.74) is 1.44. The Morgan fingerprint density at radius 3 is 2.52 bits per heavy atom. The lowest BCUT2D eigenvalue weighted by atomic mass is 10.1. The molecule has 0 radical (unpaired) electrons. The maximum absolute atomic E-state index is 11.7. The van der Waals surface area contributed by atoms with Crippen molar-refractivity contribution in [2.45, 2.75) is 26.8 Å². The first kappa shape index (κ1) is 18.2. The molecule has 1 amide bonds. The Labute approximate surface area is 136 Å². The molecule has 6 nitrogen and oxygen atoms in total. The molecule has 0 aromatic heterocycles. The number of amides is 1. The van der Waals surface area contributed by atoms with E-state index in [1.54, 1.807) is 31.2 Å². The van der Waals surface area contributed by atoms with E-state index in [0.29, 0.717) is 25.3 Å². The van der Waals surface area contributed by atoms with Crippen LogP contribution in [0.2, 0.25) is 0 Å². The molecular weight excluding hydrogens is 294 g/mol. The van der Waals surface area contributed by atoms with Crippen LogP contribution in [-0.2, 0) is 16.1 Å². The smallest absolute Gasteiger partial charge is 0.338 e. The van der Waals surface area contributed by atoms with Crippen LogP contribution in [-0.4, -0.2) is 25.0 Å². The second kappa shape index (κ2) is 10.0. The lowest BCUT2D eigenvalue weighted by Gasteiger charge is -2.05. The summed E-state index contributed by atoms with van der Waals surface area (Å²) < 4.78 is 4.91. The summed E-state index contributed by atoms with van der Waals surface area (Å²) in [5, 5.41) is 14.5. The summed E-state index contributed by atoms with van der Waals surface area (Å²) in [6.07, 6.45) is 2.20. The number of benzene rings is 1. The monoisotopic (exact) mass is 315 g/mol. The minimum Gasteiger partial charge on any atom is -0.462 e. The highest BCUT2D eigenvalue weighted by Crippen LogP contribution is 2.06. The highest BCUT2D eigenvalue weighted by Gasteiger charge is 2.07. The number of rotatable bonds is 8. The molecule has 0 aliphatic carbocycles. The Balaban J connectivity index is 2.57. The van der Waals surface area contributed by atoms with Crippen molar-refractivity contribution in [3.8, 4) is 6.07 Å². The molecule has 0 saturated carbocycles. The van der Waals surface area contributed by atoms with Gasteiger partial charge < -0.3 is 15.4 Å². The first-order chi connectivity index (χ1) is 11.1. The summed E-state index contributed by atoms with van der Waals surface area (Å²) in [7, 11) is 0. The molecule has 0 heterocycles. The maximum atomic E-state index is 11.7. The zero-order chi connectivity index (χ0) is 17.1. The van der Waals surface area contributed by atoms with Gasteiger partial charge in [0.05, 0.1) is 12.2 Å². The largest absolute Gasteiger partial charge is 0.462 e. The Bertz CT molecular complexity index is 601. The Morgan fingerprint density at radius 2 is 1.96 bits per heavy atom. The Hall–Kier alpha value is -2.81. The molecule has 0 spiro atoms. The van der Waals surface area contributed by atoms with E-state index in [2.05, 4.69) is 10.6 Å². The normalized spacial score (nSPS) is 10.6. The number of carbonyl (C=O) groups excluding carboxylic acids is 2. The van der Waals surface area contributed by atoms with Crippen LogP contribution in [0.5, 0.6) is 0 Å². The van der Waals surface area contributed by atoms with Crippen LogP contribution < -0.4 is 10.6 Å². The van der Waals surface area contributed by atoms with Crippen LogP contribution in [0.1, 0.15) is 36.2 Å². The molecule has 6 heteroatoms. The van der Waals surface area contributed by atoms with Crippen LogP contribution >= 0.6 is 0 Å². The third-order valence-electron chi connectivity index (χ3n) is 2.92. The first-order valence-electron chi connectivity index (χ1n) is 7.50. The second-order valence-corrected chi connectivity index (χ2v) is 4.72. The number of nitriles is 1. The van der Waals surface area contributed by atoms with E-state index in [0.717, 1.165) is 12.0 Å². The van der Waals surface area contributed by atoms with Gasteiger partial charge in [-0.15, -0.1) is 0 Å². The summed E-state index contributed by atoms with van der Waals surface area (Å²) in [4.78, 5) is 23.2. The molecule has 122 valence electrons. The van der Waals surface area contributed by atoms with Crippen molar-refractivity contribution in [2.75, 3.05) is 13.2 Å². The average Bonchev–Trinajstić information content (AvgIpc) is 2.57. The van der Waals surface area contributed by atoms with E-state index in [-0.39, 0.29) is 17.4 Å². The van der Waals surface area contributed by atoms with Crippen LogP contribution in [0, 0.1) is 11.3 Å². The van der Waals surface area contributed by atoms with E-state index in [1.165, 1.54) is 6.20 Å². The summed E-state index contributed by atoms with van der Waals surface area (Å²) in [5.74, 6) is -0.745. The van der Waals surface area contributed by atoms with Crippen molar-refractivity contribution < 1.29 is 14.3 Å². The summed E-state index contributed by atoms with van der Waals surface area (Å²) in [6.45, 7) is 5.01. The van der Waals surface area contributed by atoms with Gasteiger partial charge in [0.1, 0.15) is 11.6 Å². The highest BCUT2D eigenvalue weighted by atomic mass is 16.5. The zero-order valence-electron chi connectivity index (χ0n) is 13.4. The molecule has 0 aliphatic rings. The fraction of sp³-hybridized carbons (Fsp3) is 0.353. The van der Waals surface area contributed by atoms with Gasteiger partial charge in [-0.2, -0.15) is 5.26 Å². The Morgan fingerprint density at radius 1 is 1.26 bits per heavy atom. The number of esters is 1. The molecule has 2 N–H and O–H groups in total. The predicted molar refractivity (Wildman–Crippen MR) is 86.2 cm³/mol. The number of nitrogens with zero attached hydrogens (tertiary/aromatic N) is 1. The first-order valence-corrected chi connectivity index (χ1v) is 7.50. The van der Waals surface area contributed by atoms with Crippen LogP contribution in [0.15, 0.2) is 36.0 Å². The SMILES string of the molecule is CCCNC(=O)/C(C#N)=C\NCc1ccc(C(=O)OCC)cc1. The highest BCUT2D eigenvalue weighted by molar-refractivity contribution is 5.97. The van der Waals surface area contributed by atoms with E-state index in [4.69, 9.17) is 10.00 Å². The quantitative estimate of drug-likeness (QED) is 0.434. The molecule has 0 unspecified atom stereocenters. The average molecular weight is 315 g/mol. The molecule has 0 aliphatic heterocycles. The molecule has 1 aromatic rings. The maximum Gasteiger partial charge on any atom is 0.338 e. The second-order valence-electron chi connectivity index (χ2n) is 4.72. The molecule has 0 atom stereocenters. The third-order valence-corrected chi connectivity index (χ3v) is 2.92. The van der Waals surface area contributed by atoms with Gasteiger partial charge in [0.25, 0.3) is 5.91 Å². The van der Waals surface area contributed by atoms with Crippen molar-refractivity contribution in [3.63, 3.8) is 0 Å². The van der Waals surface area contributed by atoms with Gasteiger partial charge in [-0.3, -0.25) is 4.79 Å². The van der Waals surface area contributed by atoms with E-state index in [1.807, 2.05) is 13.0 Å². The van der Waals surface area contributed by atoms with Gasteiger partial charge in [0.2, 0.25) is 0 Å². The van der Waals surface area contributed by atoms with Crippen molar-refractivity contribution in [1.82, 2.24) is 10.6 Å². The fourth-order valence-electron chi connectivity index (χ4n) is 1.73. The molecule has 1 rings (SSSR count). The fourth-order valence-corrected chi connectivity index (χ4v) is 1.73. The number of carbonyl (C=O) groups is 2. The van der Waals surface area contributed by atoms with Crippen LogP contribution in [0.4, 0.5) is 0 Å². The Kier molecular flexibility index (Phi) is 7.94. The van der Waals surface area contributed by atoms with Gasteiger partial charge in [-0.05, 0) is 31.0 Å². The predicted octanol–water partition coefficient (Wildman–Crippen LogP) is 1.89. The van der Waals surface area contributed by atoms with Crippen molar-refractivity contribution in [2.24, 2.45) is 0 Å². The number of nitrogens with one attached hydrogen (secondary N) is 2. The third kappa shape index (κ3) is 6.22. The van der Waals surface area contributed by atoms with E-state index >= 15 is 0 Å². The van der Waals surface area contributed by atoms with Crippen molar-refractivity contribution >= 4 is 11.9 Å². The lowest BCUT2D eigenvalue weighted by Crippen LogP contribution is -2.26. The minimum atomic E-state index is -0.389. The van der Waals surface area contributed by atoms with Crippen molar-refractivity contribution in [1.29, 1.82) is 5.26 Å². The number of ether oxygens (including phenoxy) is 1. The standard InChI is InChI=1S/C17H21N3O3/c1-3-9-20-16(21)15(10-18)12-19-11-13-5-7-14(8-6-13)17(22)23-4-2/h5-8,12,19H,3-4,9,11H2,1-2H3,(H,20,21)/b15-12-. The van der Waals surface area contributed by atoms with Crippen LogP contribution in [0.25, 0.3) is 0 Å². The minimum absolute atomic E-state index is 0.0293. The van der Waals surface area contributed by atoms with Crippen molar-refractivity contribution in [3.05, 3.63) is 47.2 Å². The summed E-state index contributed by atoms with van der Waals surface area (Å²) >= 11 is 0. The van der Waals surface area contributed by atoms with Gasteiger partial charge >= 0.3 is 5.97 Å². The molecule has 1 aromatic carbocycles. The van der Waals surface area contributed by atoms with Crippen LogP contribution in [0.3, 0.4) is 0 Å². The molecule has 23 heavy (non-hydrogen) atoms. The molecular formula is C17H21N3O3. The van der Waals surface area contributed by atoms with Gasteiger partial charge in [-0.25, -0.2) is 4.79 Å². The van der Waals surface area contributed by atoms with Gasteiger partial charge in [0.15, 0.2) is 0 Å². The number of hydrogen-bond acceptors (Lipinski definition) is 5.